The normalized spacial score (nSPS) is 11.4. The molecule has 1 heterocycles. The van der Waals surface area contributed by atoms with Crippen LogP contribution < -0.4 is 10.8 Å². The summed E-state index contributed by atoms with van der Waals surface area (Å²) in [6.45, 7) is 7.58. The van der Waals surface area contributed by atoms with Gasteiger partial charge < -0.3 is 5.32 Å². The number of nitrogens with zero attached hydrogens (tertiary/aromatic N) is 1. The van der Waals surface area contributed by atoms with Gasteiger partial charge in [0.05, 0.1) is 11.1 Å². The van der Waals surface area contributed by atoms with Crippen LogP contribution in [-0.4, -0.2) is 11.5 Å². The molecule has 2 nitrogen and oxygen atoms in total. The van der Waals surface area contributed by atoms with E-state index >= 15 is 0 Å². The molecule has 13 heavy (non-hydrogen) atoms. The minimum Gasteiger partial charge on any atom is -0.383 e. The molecule has 1 unspecified atom stereocenters. The van der Waals surface area contributed by atoms with Crippen LogP contribution in [0.15, 0.2) is 18.3 Å². The maximum atomic E-state index is 4.18. The van der Waals surface area contributed by atoms with Gasteiger partial charge in [-0.2, -0.15) is 0 Å². The van der Waals surface area contributed by atoms with E-state index in [1.54, 1.807) is 6.20 Å². The van der Waals surface area contributed by atoms with Crippen LogP contribution in [0.25, 0.3) is 0 Å². The van der Waals surface area contributed by atoms with Gasteiger partial charge in [-0.25, -0.2) is 0 Å². The number of rotatable bonds is 2. The smallest absolute Gasteiger partial charge is 0.0798 e. The summed E-state index contributed by atoms with van der Waals surface area (Å²) in [4.78, 5) is 4.18. The van der Waals surface area contributed by atoms with Gasteiger partial charge >= 0.3 is 0 Å². The minimum atomic E-state index is 0.299. The van der Waals surface area contributed by atoms with Crippen molar-refractivity contribution < 1.29 is 0 Å². The summed E-state index contributed by atoms with van der Waals surface area (Å²) in [5.74, 6) is 0. The van der Waals surface area contributed by atoms with E-state index < -0.39 is 0 Å². The maximum absolute atomic E-state index is 4.18. The topological polar surface area (TPSA) is 24.9 Å². The fraction of sp³-hybridized carbons (Fsp3) is 0.500. The SMILES string of the molecule is CC(C)(C)CNc1cccnc1P. The lowest BCUT2D eigenvalue weighted by Gasteiger charge is -2.20. The zero-order valence-electron chi connectivity index (χ0n) is 8.46. The first-order chi connectivity index (χ1) is 5.99. The van der Waals surface area contributed by atoms with Crippen molar-refractivity contribution in [3.63, 3.8) is 0 Å². The number of nitrogens with one attached hydrogen (secondary N) is 1. The Morgan fingerprint density at radius 3 is 2.69 bits per heavy atom. The second-order valence-electron chi connectivity index (χ2n) is 4.35. The number of hydrogen-bond donors (Lipinski definition) is 1. The Morgan fingerprint density at radius 1 is 1.46 bits per heavy atom. The molecule has 1 aromatic heterocycles. The molecule has 0 amide bonds. The van der Waals surface area contributed by atoms with Crippen molar-refractivity contribution in [2.75, 3.05) is 11.9 Å². The van der Waals surface area contributed by atoms with Crippen LogP contribution in [0.4, 0.5) is 5.69 Å². The fourth-order valence-corrected chi connectivity index (χ4v) is 1.21. The summed E-state index contributed by atoms with van der Waals surface area (Å²) < 4.78 is 0. The van der Waals surface area contributed by atoms with Gasteiger partial charge in [-0.15, -0.1) is 0 Å². The monoisotopic (exact) mass is 196 g/mol. The number of hydrogen-bond acceptors (Lipinski definition) is 2. The van der Waals surface area contributed by atoms with E-state index in [2.05, 4.69) is 40.3 Å². The maximum Gasteiger partial charge on any atom is 0.0798 e. The Labute approximate surface area is 82.4 Å². The van der Waals surface area contributed by atoms with Crippen LogP contribution in [-0.2, 0) is 0 Å². The number of anilines is 1. The molecule has 72 valence electrons. The van der Waals surface area contributed by atoms with Crippen molar-refractivity contribution in [1.29, 1.82) is 0 Å². The average Bonchev–Trinajstić information content (AvgIpc) is 2.01. The number of aromatic nitrogens is 1. The predicted octanol–water partition coefficient (Wildman–Crippen LogP) is 2.04. The van der Waals surface area contributed by atoms with Gasteiger partial charge in [0.1, 0.15) is 0 Å². The lowest BCUT2D eigenvalue weighted by molar-refractivity contribution is 0.443. The summed E-state index contributed by atoms with van der Waals surface area (Å²) in [5.41, 5.74) is 2.38. The first kappa shape index (κ1) is 10.5. The van der Waals surface area contributed by atoms with Crippen LogP contribution in [0.1, 0.15) is 20.8 Å². The molecule has 1 aromatic rings. The molecule has 0 aliphatic rings. The zero-order valence-corrected chi connectivity index (χ0v) is 9.62. The van der Waals surface area contributed by atoms with Crippen LogP contribution in [0.2, 0.25) is 0 Å². The van der Waals surface area contributed by atoms with Crippen LogP contribution >= 0.6 is 9.24 Å². The molecule has 1 atom stereocenters. The Hall–Kier alpha value is -0.620. The van der Waals surface area contributed by atoms with Crippen LogP contribution in [0.3, 0.4) is 0 Å². The van der Waals surface area contributed by atoms with Crippen molar-refractivity contribution in [3.8, 4) is 0 Å². The Morgan fingerprint density at radius 2 is 2.15 bits per heavy atom. The van der Waals surface area contributed by atoms with E-state index in [9.17, 15) is 0 Å². The lowest BCUT2D eigenvalue weighted by atomic mass is 9.97. The quantitative estimate of drug-likeness (QED) is 0.732. The van der Waals surface area contributed by atoms with Gasteiger partial charge in [-0.1, -0.05) is 30.0 Å². The van der Waals surface area contributed by atoms with Crippen molar-refractivity contribution >= 4 is 20.4 Å². The van der Waals surface area contributed by atoms with E-state index in [0.29, 0.717) is 5.41 Å². The first-order valence-electron chi connectivity index (χ1n) is 4.43. The van der Waals surface area contributed by atoms with Gasteiger partial charge in [0.2, 0.25) is 0 Å². The minimum absolute atomic E-state index is 0.299. The van der Waals surface area contributed by atoms with E-state index in [-0.39, 0.29) is 0 Å². The highest BCUT2D eigenvalue weighted by Crippen LogP contribution is 2.14. The highest BCUT2D eigenvalue weighted by Gasteiger charge is 2.09. The second kappa shape index (κ2) is 4.06. The molecule has 0 saturated carbocycles. The van der Waals surface area contributed by atoms with Gasteiger partial charge in [0.25, 0.3) is 0 Å². The fourth-order valence-electron chi connectivity index (χ4n) is 0.927. The molecule has 0 radical (unpaired) electrons. The highest BCUT2D eigenvalue weighted by atomic mass is 31.0. The third-order valence-electron chi connectivity index (χ3n) is 1.65. The van der Waals surface area contributed by atoms with E-state index in [1.807, 2.05) is 12.1 Å². The highest BCUT2D eigenvalue weighted by molar-refractivity contribution is 7.27. The second-order valence-corrected chi connectivity index (χ2v) is 4.90. The van der Waals surface area contributed by atoms with Gasteiger partial charge in [-0.05, 0) is 17.5 Å². The molecule has 0 aliphatic heterocycles. The van der Waals surface area contributed by atoms with E-state index in [0.717, 1.165) is 17.7 Å². The van der Waals surface area contributed by atoms with Gasteiger partial charge in [0.15, 0.2) is 0 Å². The summed E-state index contributed by atoms with van der Waals surface area (Å²) in [6, 6.07) is 3.99. The van der Waals surface area contributed by atoms with Crippen LogP contribution in [0, 0.1) is 5.41 Å². The molecule has 1 rings (SSSR count). The number of pyridine rings is 1. The molecule has 1 N–H and O–H groups in total. The van der Waals surface area contributed by atoms with Gasteiger partial charge in [0, 0.05) is 12.7 Å². The largest absolute Gasteiger partial charge is 0.383 e. The van der Waals surface area contributed by atoms with Crippen molar-refractivity contribution in [2.45, 2.75) is 20.8 Å². The molecule has 3 heteroatoms. The Balaban J connectivity index is 2.60. The molecule has 0 fully saturated rings. The molecule has 0 saturated heterocycles. The lowest BCUT2D eigenvalue weighted by Crippen LogP contribution is -2.21. The summed E-state index contributed by atoms with van der Waals surface area (Å²) >= 11 is 0. The molecule has 0 spiro atoms. The van der Waals surface area contributed by atoms with E-state index in [1.165, 1.54) is 0 Å². The molecular formula is C10H17N2P. The Kier molecular flexibility index (Phi) is 3.27. The van der Waals surface area contributed by atoms with Crippen LogP contribution in [0.5, 0.6) is 0 Å². The summed E-state index contributed by atoms with van der Waals surface area (Å²) in [5, 5.41) is 3.37. The van der Waals surface area contributed by atoms with Crippen molar-refractivity contribution in [1.82, 2.24) is 4.98 Å². The van der Waals surface area contributed by atoms with E-state index in [4.69, 9.17) is 0 Å². The zero-order chi connectivity index (χ0) is 9.90. The molecular weight excluding hydrogens is 179 g/mol. The van der Waals surface area contributed by atoms with Crippen molar-refractivity contribution in [2.24, 2.45) is 5.41 Å². The molecule has 0 aromatic carbocycles. The van der Waals surface area contributed by atoms with Gasteiger partial charge in [-0.3, -0.25) is 4.98 Å². The van der Waals surface area contributed by atoms with Crippen molar-refractivity contribution in [3.05, 3.63) is 18.3 Å². The summed E-state index contributed by atoms with van der Waals surface area (Å²) in [6.07, 6.45) is 1.80. The first-order valence-corrected chi connectivity index (χ1v) is 5.01. The standard InChI is InChI=1S/C10H17N2P/c1-10(2,3)7-12-8-5-4-6-11-9(8)13/h4-6,12H,7,13H2,1-3H3. The third-order valence-corrected chi connectivity index (χ3v) is 2.11. The molecule has 0 bridgehead atoms. The average molecular weight is 196 g/mol. The Bertz CT molecular complexity index is 278. The summed E-state index contributed by atoms with van der Waals surface area (Å²) in [7, 11) is 2.63. The third kappa shape index (κ3) is 3.73. The molecule has 0 aliphatic carbocycles. The predicted molar refractivity (Wildman–Crippen MR) is 61.5 cm³/mol.